The molecule has 0 fully saturated rings. The van der Waals surface area contributed by atoms with Crippen molar-refractivity contribution in [3.05, 3.63) is 52.8 Å². The number of hydrogen-bond acceptors (Lipinski definition) is 3. The van der Waals surface area contributed by atoms with Crippen LogP contribution in [0.2, 0.25) is 0 Å². The Balaban J connectivity index is 2.22. The van der Waals surface area contributed by atoms with E-state index in [2.05, 4.69) is 4.98 Å². The lowest BCUT2D eigenvalue weighted by atomic mass is 10.1. The number of rotatable bonds is 4. The van der Waals surface area contributed by atoms with Crippen molar-refractivity contribution >= 4 is 29.2 Å². The Morgan fingerprint density at radius 2 is 1.92 bits per heavy atom. The number of para-hydroxylation sites is 1. The van der Waals surface area contributed by atoms with E-state index < -0.39 is 11.6 Å². The highest BCUT2D eigenvalue weighted by molar-refractivity contribution is 6.37. The first-order chi connectivity index (χ1) is 12.2. The Hall–Kier alpha value is -2.86. The number of benzene rings is 1. The van der Waals surface area contributed by atoms with Crippen molar-refractivity contribution in [2.24, 2.45) is 0 Å². The fourth-order valence-electron chi connectivity index (χ4n) is 3.34. The first kappa shape index (κ1) is 17.9. The number of carboxylic acids is 1. The van der Waals surface area contributed by atoms with E-state index in [0.29, 0.717) is 11.3 Å². The molecule has 1 aliphatic rings. The van der Waals surface area contributed by atoms with Gasteiger partial charge in [-0.15, -0.1) is 0 Å². The molecule has 1 unspecified atom stereocenters. The molecule has 0 spiro atoms. The number of aliphatic carboxylic acids is 1. The first-order valence-electron chi connectivity index (χ1n) is 8.40. The van der Waals surface area contributed by atoms with Gasteiger partial charge in [-0.25, -0.2) is 4.79 Å². The zero-order chi connectivity index (χ0) is 19.2. The number of H-pyrrole nitrogens is 1. The summed E-state index contributed by atoms with van der Waals surface area (Å²) in [5.74, 6) is -1.41. The van der Waals surface area contributed by atoms with Crippen molar-refractivity contribution in [3.8, 4) is 0 Å². The molecule has 1 amide bonds. The van der Waals surface area contributed by atoms with Crippen LogP contribution < -0.4 is 4.90 Å². The average Bonchev–Trinajstić information content (AvgIpc) is 3.03. The fraction of sp³-hybridized carbons (Fsp3) is 0.300. The van der Waals surface area contributed by atoms with Gasteiger partial charge in [-0.05, 0) is 58.6 Å². The highest BCUT2D eigenvalue weighted by Gasteiger charge is 2.50. The molecule has 0 saturated carbocycles. The van der Waals surface area contributed by atoms with E-state index in [0.717, 1.165) is 22.5 Å². The first-order valence-corrected chi connectivity index (χ1v) is 8.40. The van der Waals surface area contributed by atoms with Gasteiger partial charge in [0.1, 0.15) is 0 Å². The largest absolute Gasteiger partial charge is 0.478 e. The number of likely N-dealkylation sites (N-methyl/N-ethyl adjacent to an activating group) is 1. The minimum Gasteiger partial charge on any atom is -0.478 e. The third-order valence-corrected chi connectivity index (χ3v) is 5.06. The molecule has 136 valence electrons. The van der Waals surface area contributed by atoms with Crippen LogP contribution in [0.3, 0.4) is 0 Å². The number of hydrogen-bond donors (Lipinski definition) is 2. The topological polar surface area (TPSA) is 76.6 Å². The van der Waals surface area contributed by atoms with Gasteiger partial charge in [0.25, 0.3) is 5.91 Å². The minimum atomic E-state index is -1.50. The lowest BCUT2D eigenvalue weighted by Gasteiger charge is -2.40. The highest BCUT2D eigenvalue weighted by atomic mass is 16.4. The highest BCUT2D eigenvalue weighted by Crippen LogP contribution is 2.42. The van der Waals surface area contributed by atoms with Crippen LogP contribution in [0.1, 0.15) is 29.4 Å². The summed E-state index contributed by atoms with van der Waals surface area (Å²) in [7, 11) is 3.31. The molecule has 6 heteroatoms. The molecule has 0 aliphatic carbocycles. The number of anilines is 1. The SMILES string of the molecule is Cc1cc(C)c(/C=C2\C(=O)N(C(C)(C(=O)O)N(C)C)c3ccccc32)[nH]1. The van der Waals surface area contributed by atoms with Crippen molar-refractivity contribution in [1.29, 1.82) is 0 Å². The molecule has 2 aromatic rings. The summed E-state index contributed by atoms with van der Waals surface area (Å²) in [5.41, 5.74) is 3.22. The summed E-state index contributed by atoms with van der Waals surface area (Å²) in [4.78, 5) is 31.5. The van der Waals surface area contributed by atoms with E-state index in [1.165, 1.54) is 16.7 Å². The summed E-state index contributed by atoms with van der Waals surface area (Å²) >= 11 is 0. The Morgan fingerprint density at radius 3 is 2.46 bits per heavy atom. The molecule has 6 nitrogen and oxygen atoms in total. The maximum absolute atomic E-state index is 13.3. The molecule has 0 saturated heterocycles. The normalized spacial score (nSPS) is 17.7. The Morgan fingerprint density at radius 1 is 1.27 bits per heavy atom. The number of carboxylic acid groups (broad SMARTS) is 1. The number of amides is 1. The van der Waals surface area contributed by atoms with Gasteiger partial charge in [0.05, 0.1) is 11.3 Å². The Kier molecular flexibility index (Phi) is 4.24. The van der Waals surface area contributed by atoms with Crippen molar-refractivity contribution < 1.29 is 14.7 Å². The third kappa shape index (κ3) is 2.54. The predicted molar refractivity (Wildman–Crippen MR) is 102 cm³/mol. The zero-order valence-corrected chi connectivity index (χ0v) is 15.6. The molecule has 2 heterocycles. The molecule has 2 N–H and O–H groups in total. The van der Waals surface area contributed by atoms with Crippen molar-refractivity contribution in [1.82, 2.24) is 9.88 Å². The third-order valence-electron chi connectivity index (χ3n) is 5.06. The van der Waals surface area contributed by atoms with Crippen LogP contribution >= 0.6 is 0 Å². The summed E-state index contributed by atoms with van der Waals surface area (Å²) in [6.45, 7) is 5.47. The molecule has 1 aliphatic heterocycles. The van der Waals surface area contributed by atoms with Crippen LogP contribution in [0, 0.1) is 13.8 Å². The number of aryl methyl sites for hydroxylation is 2. The molecule has 26 heavy (non-hydrogen) atoms. The monoisotopic (exact) mass is 353 g/mol. The van der Waals surface area contributed by atoms with Crippen LogP contribution in [-0.4, -0.2) is 46.6 Å². The lowest BCUT2D eigenvalue weighted by Crippen LogP contribution is -2.62. The van der Waals surface area contributed by atoms with Crippen LogP contribution in [0.5, 0.6) is 0 Å². The van der Waals surface area contributed by atoms with E-state index in [1.807, 2.05) is 38.1 Å². The van der Waals surface area contributed by atoms with E-state index in [-0.39, 0.29) is 5.91 Å². The second-order valence-electron chi connectivity index (χ2n) is 6.99. The number of carbonyl (C=O) groups is 2. The summed E-state index contributed by atoms with van der Waals surface area (Å²) in [6, 6.07) is 9.30. The molecule has 1 atom stereocenters. The van der Waals surface area contributed by atoms with E-state index >= 15 is 0 Å². The number of aromatic nitrogens is 1. The van der Waals surface area contributed by atoms with Crippen molar-refractivity contribution in [2.45, 2.75) is 26.4 Å². The number of fused-ring (bicyclic) bond motifs is 1. The summed E-state index contributed by atoms with van der Waals surface area (Å²) in [6.07, 6.45) is 1.81. The van der Waals surface area contributed by atoms with Crippen LogP contribution in [0.4, 0.5) is 5.69 Å². The second kappa shape index (κ2) is 6.14. The summed E-state index contributed by atoms with van der Waals surface area (Å²) < 4.78 is 0. The van der Waals surface area contributed by atoms with E-state index in [1.54, 1.807) is 26.2 Å². The van der Waals surface area contributed by atoms with Gasteiger partial charge in [0.15, 0.2) is 5.66 Å². The lowest BCUT2D eigenvalue weighted by molar-refractivity contribution is -0.150. The fourth-order valence-corrected chi connectivity index (χ4v) is 3.34. The van der Waals surface area contributed by atoms with Gasteiger partial charge in [-0.1, -0.05) is 18.2 Å². The van der Waals surface area contributed by atoms with Gasteiger partial charge >= 0.3 is 5.97 Å². The molecule has 1 aromatic heterocycles. The average molecular weight is 353 g/mol. The van der Waals surface area contributed by atoms with Gasteiger partial charge < -0.3 is 10.1 Å². The molecule has 0 bridgehead atoms. The minimum absolute atomic E-state index is 0.323. The standard InChI is InChI=1S/C20H23N3O3/c1-12-10-13(2)21-16(12)11-15-14-8-6-7-9-17(14)23(18(15)24)20(3,19(25)26)22(4)5/h6-11,21H,1-5H3,(H,25,26)/b15-11-. The quantitative estimate of drug-likeness (QED) is 0.829. The van der Waals surface area contributed by atoms with E-state index in [4.69, 9.17) is 0 Å². The molecular weight excluding hydrogens is 330 g/mol. The van der Waals surface area contributed by atoms with E-state index in [9.17, 15) is 14.7 Å². The Bertz CT molecular complexity index is 926. The van der Waals surface area contributed by atoms with Crippen molar-refractivity contribution in [3.63, 3.8) is 0 Å². The number of aromatic amines is 1. The number of nitrogens with zero attached hydrogens (tertiary/aromatic N) is 2. The van der Waals surface area contributed by atoms with Gasteiger partial charge in [0.2, 0.25) is 0 Å². The number of carbonyl (C=O) groups excluding carboxylic acids is 1. The van der Waals surface area contributed by atoms with Crippen LogP contribution in [0.25, 0.3) is 11.6 Å². The molecule has 1 aromatic carbocycles. The van der Waals surface area contributed by atoms with Crippen LogP contribution in [-0.2, 0) is 9.59 Å². The zero-order valence-electron chi connectivity index (χ0n) is 15.6. The van der Waals surface area contributed by atoms with Crippen LogP contribution in [0.15, 0.2) is 30.3 Å². The van der Waals surface area contributed by atoms with Crippen molar-refractivity contribution in [2.75, 3.05) is 19.0 Å². The Labute approximate surface area is 152 Å². The maximum Gasteiger partial charge on any atom is 0.345 e. The maximum atomic E-state index is 13.3. The number of nitrogens with one attached hydrogen (secondary N) is 1. The van der Waals surface area contributed by atoms with Gasteiger partial charge in [-0.3, -0.25) is 14.6 Å². The smallest absolute Gasteiger partial charge is 0.345 e. The van der Waals surface area contributed by atoms with Gasteiger partial charge in [-0.2, -0.15) is 0 Å². The van der Waals surface area contributed by atoms with Gasteiger partial charge in [0, 0.05) is 17.0 Å². The summed E-state index contributed by atoms with van der Waals surface area (Å²) in [5, 5.41) is 9.87. The molecular formula is C20H23N3O3. The molecule has 0 radical (unpaired) electrons. The predicted octanol–water partition coefficient (Wildman–Crippen LogP) is 2.88. The molecule has 3 rings (SSSR count). The second-order valence-corrected chi connectivity index (χ2v) is 6.99.